The van der Waals surface area contributed by atoms with Gasteiger partial charge < -0.3 is 10.5 Å². The number of hydrogen-bond donors (Lipinski definition) is 1. The topological polar surface area (TPSA) is 59.0 Å². The highest BCUT2D eigenvalue weighted by Crippen LogP contribution is 2.38. The molecular formula is C10H9F3N2O. The maximum Gasteiger partial charge on any atom is 0.420 e. The quantitative estimate of drug-likeness (QED) is 0.794. The summed E-state index contributed by atoms with van der Waals surface area (Å²) in [5, 5.41) is 8.64. The first-order chi connectivity index (χ1) is 7.40. The Morgan fingerprint density at radius 1 is 1.44 bits per heavy atom. The van der Waals surface area contributed by atoms with E-state index in [1.165, 1.54) is 0 Å². The number of nitrogens with two attached hydrogens (primary N) is 1. The molecule has 1 rings (SSSR count). The Balaban J connectivity index is 3.37. The van der Waals surface area contributed by atoms with E-state index in [0.29, 0.717) is 6.07 Å². The fourth-order valence-electron chi connectivity index (χ4n) is 1.19. The lowest BCUT2D eigenvalue weighted by molar-refractivity contribution is -0.138. The first kappa shape index (κ1) is 12.2. The summed E-state index contributed by atoms with van der Waals surface area (Å²) in [7, 11) is 0. The van der Waals surface area contributed by atoms with Crippen LogP contribution in [0.5, 0.6) is 5.75 Å². The van der Waals surface area contributed by atoms with Crippen LogP contribution in [-0.4, -0.2) is 6.61 Å². The summed E-state index contributed by atoms with van der Waals surface area (Å²) in [6.07, 6.45) is -4.55. The predicted molar refractivity (Wildman–Crippen MR) is 51.7 cm³/mol. The second kappa shape index (κ2) is 4.31. The van der Waals surface area contributed by atoms with Crippen LogP contribution >= 0.6 is 0 Å². The number of nitrogens with zero attached hydrogens (tertiary/aromatic N) is 1. The lowest BCUT2D eigenvalue weighted by atomic mass is 10.1. The Bertz CT molecular complexity index is 435. The van der Waals surface area contributed by atoms with Gasteiger partial charge in [0.2, 0.25) is 0 Å². The number of anilines is 1. The van der Waals surface area contributed by atoms with Gasteiger partial charge in [0.1, 0.15) is 11.8 Å². The third-order valence-electron chi connectivity index (χ3n) is 1.88. The van der Waals surface area contributed by atoms with Crippen molar-refractivity contribution in [3.8, 4) is 11.8 Å². The molecule has 0 heterocycles. The van der Waals surface area contributed by atoms with Gasteiger partial charge in [-0.25, -0.2) is 0 Å². The lowest BCUT2D eigenvalue weighted by Crippen LogP contribution is -2.10. The summed E-state index contributed by atoms with van der Waals surface area (Å²) in [5.74, 6) is -0.374. The molecule has 0 aromatic heterocycles. The second-order valence-corrected chi connectivity index (χ2v) is 2.98. The highest BCUT2D eigenvalue weighted by Gasteiger charge is 2.35. The van der Waals surface area contributed by atoms with Gasteiger partial charge in [-0.05, 0) is 13.0 Å². The Kier molecular flexibility index (Phi) is 3.28. The van der Waals surface area contributed by atoms with Gasteiger partial charge in [0, 0.05) is 6.07 Å². The van der Waals surface area contributed by atoms with Crippen LogP contribution in [0.3, 0.4) is 0 Å². The minimum absolute atomic E-state index is 0.0311. The molecular weight excluding hydrogens is 221 g/mol. The molecule has 16 heavy (non-hydrogen) atoms. The summed E-state index contributed by atoms with van der Waals surface area (Å²) in [6, 6.07) is 3.41. The maximum absolute atomic E-state index is 12.6. The van der Waals surface area contributed by atoms with Crippen molar-refractivity contribution in [1.29, 1.82) is 5.26 Å². The van der Waals surface area contributed by atoms with Crippen LogP contribution in [0.25, 0.3) is 0 Å². The van der Waals surface area contributed by atoms with Gasteiger partial charge in [-0.1, -0.05) is 0 Å². The maximum atomic E-state index is 12.6. The van der Waals surface area contributed by atoms with Gasteiger partial charge in [0.05, 0.1) is 23.4 Å². The van der Waals surface area contributed by atoms with Crippen molar-refractivity contribution in [2.24, 2.45) is 0 Å². The smallest absolute Gasteiger partial charge is 0.420 e. The zero-order chi connectivity index (χ0) is 12.3. The van der Waals surface area contributed by atoms with E-state index in [9.17, 15) is 13.2 Å². The summed E-state index contributed by atoms with van der Waals surface area (Å²) >= 11 is 0. The second-order valence-electron chi connectivity index (χ2n) is 2.98. The first-order valence-electron chi connectivity index (χ1n) is 4.43. The van der Waals surface area contributed by atoms with E-state index >= 15 is 0 Å². The number of nitriles is 1. The minimum atomic E-state index is -4.55. The Morgan fingerprint density at radius 3 is 2.50 bits per heavy atom. The van der Waals surface area contributed by atoms with Gasteiger partial charge in [-0.2, -0.15) is 18.4 Å². The molecule has 86 valence electrons. The molecule has 0 atom stereocenters. The summed E-state index contributed by atoms with van der Waals surface area (Å²) in [4.78, 5) is 0. The van der Waals surface area contributed by atoms with E-state index in [2.05, 4.69) is 0 Å². The van der Waals surface area contributed by atoms with Crippen molar-refractivity contribution >= 4 is 5.69 Å². The van der Waals surface area contributed by atoms with Crippen LogP contribution in [0.4, 0.5) is 18.9 Å². The molecule has 1 aromatic carbocycles. The highest BCUT2D eigenvalue weighted by atomic mass is 19.4. The van der Waals surface area contributed by atoms with Crippen molar-refractivity contribution in [2.45, 2.75) is 13.1 Å². The molecule has 0 spiro atoms. The average Bonchev–Trinajstić information content (AvgIpc) is 2.19. The van der Waals surface area contributed by atoms with Crippen molar-refractivity contribution in [3.05, 3.63) is 23.3 Å². The van der Waals surface area contributed by atoms with E-state index in [1.807, 2.05) is 0 Å². The van der Waals surface area contributed by atoms with Crippen LogP contribution in [0.15, 0.2) is 12.1 Å². The molecule has 1 aromatic rings. The van der Waals surface area contributed by atoms with Crippen LogP contribution in [0.1, 0.15) is 18.1 Å². The van der Waals surface area contributed by atoms with Crippen molar-refractivity contribution < 1.29 is 17.9 Å². The number of nitrogen functional groups attached to an aromatic ring is 1. The standard InChI is InChI=1S/C10H9F3N2O/c1-2-16-9-3-6(5-14)8(15)4-7(9)10(11,12)13/h3-4H,2,15H2,1H3. The van der Waals surface area contributed by atoms with Crippen LogP contribution in [-0.2, 0) is 6.18 Å². The van der Waals surface area contributed by atoms with E-state index in [1.54, 1.807) is 13.0 Å². The molecule has 6 heteroatoms. The van der Waals surface area contributed by atoms with Crippen molar-refractivity contribution in [3.63, 3.8) is 0 Å². The van der Waals surface area contributed by atoms with E-state index < -0.39 is 11.7 Å². The molecule has 0 fully saturated rings. The van der Waals surface area contributed by atoms with E-state index in [-0.39, 0.29) is 23.6 Å². The highest BCUT2D eigenvalue weighted by molar-refractivity contribution is 5.60. The number of alkyl halides is 3. The summed E-state index contributed by atoms with van der Waals surface area (Å²) in [6.45, 7) is 1.64. The van der Waals surface area contributed by atoms with Gasteiger partial charge in [0.25, 0.3) is 0 Å². The third-order valence-corrected chi connectivity index (χ3v) is 1.88. The van der Waals surface area contributed by atoms with E-state index in [0.717, 1.165) is 6.07 Å². The number of hydrogen-bond acceptors (Lipinski definition) is 3. The molecule has 0 aliphatic heterocycles. The lowest BCUT2D eigenvalue weighted by Gasteiger charge is -2.14. The van der Waals surface area contributed by atoms with Crippen molar-refractivity contribution in [1.82, 2.24) is 0 Å². The zero-order valence-corrected chi connectivity index (χ0v) is 8.43. The van der Waals surface area contributed by atoms with Gasteiger partial charge in [-0.3, -0.25) is 0 Å². The molecule has 0 bridgehead atoms. The SMILES string of the molecule is CCOc1cc(C#N)c(N)cc1C(F)(F)F. The largest absolute Gasteiger partial charge is 0.493 e. The third kappa shape index (κ3) is 2.37. The van der Waals surface area contributed by atoms with Crippen LogP contribution in [0.2, 0.25) is 0 Å². The Hall–Kier alpha value is -1.90. The molecule has 0 saturated heterocycles. The van der Waals surface area contributed by atoms with Crippen molar-refractivity contribution in [2.75, 3.05) is 12.3 Å². The van der Waals surface area contributed by atoms with E-state index in [4.69, 9.17) is 15.7 Å². The number of halogens is 3. The Labute approximate surface area is 90.2 Å². The molecule has 3 nitrogen and oxygen atoms in total. The molecule has 0 saturated carbocycles. The predicted octanol–water partition coefficient (Wildman–Crippen LogP) is 2.56. The molecule has 0 unspecified atom stereocenters. The van der Waals surface area contributed by atoms with Gasteiger partial charge >= 0.3 is 6.18 Å². The molecule has 0 amide bonds. The molecule has 0 aliphatic carbocycles. The Morgan fingerprint density at radius 2 is 2.06 bits per heavy atom. The normalized spacial score (nSPS) is 10.9. The number of ether oxygens (including phenoxy) is 1. The van der Waals surface area contributed by atoms with Gasteiger partial charge in [-0.15, -0.1) is 0 Å². The molecule has 0 radical (unpaired) electrons. The fraction of sp³-hybridized carbons (Fsp3) is 0.300. The molecule has 2 N–H and O–H groups in total. The van der Waals surface area contributed by atoms with Crippen LogP contribution in [0, 0.1) is 11.3 Å². The molecule has 0 aliphatic rings. The minimum Gasteiger partial charge on any atom is -0.493 e. The fourth-order valence-corrected chi connectivity index (χ4v) is 1.19. The summed E-state index contributed by atoms with van der Waals surface area (Å²) in [5.41, 5.74) is 4.11. The number of rotatable bonds is 2. The monoisotopic (exact) mass is 230 g/mol. The van der Waals surface area contributed by atoms with Gasteiger partial charge in [0.15, 0.2) is 0 Å². The number of benzene rings is 1. The van der Waals surface area contributed by atoms with Crippen LogP contribution < -0.4 is 10.5 Å². The first-order valence-corrected chi connectivity index (χ1v) is 4.43. The average molecular weight is 230 g/mol. The summed E-state index contributed by atoms with van der Waals surface area (Å²) < 4.78 is 42.5. The zero-order valence-electron chi connectivity index (χ0n) is 8.43.